The highest BCUT2D eigenvalue weighted by Crippen LogP contribution is 2.17. The zero-order valence-electron chi connectivity index (χ0n) is 66.5. The quantitative estimate of drug-likeness (QED) is 0.0154. The van der Waals surface area contributed by atoms with Gasteiger partial charge in [0.25, 0.3) is 0 Å². The number of aliphatic imine (C=N–C) groups is 8. The number of amides is 9. The third-order valence-electron chi connectivity index (χ3n) is 16.9. The maximum atomic E-state index is 14.9. The lowest BCUT2D eigenvalue weighted by atomic mass is 10.0. The molecule has 658 valence electrons. The van der Waals surface area contributed by atoms with Crippen LogP contribution in [0.25, 0.3) is 0 Å². The predicted molar refractivity (Wildman–Crippen MR) is 437 cm³/mol. The normalized spacial score (nSPS) is 12.9. The van der Waals surface area contributed by atoms with Crippen molar-refractivity contribution in [1.82, 2.24) is 42.5 Å². The molecule has 0 aliphatic carbocycles. The van der Waals surface area contributed by atoms with Crippen LogP contribution >= 0.6 is 0 Å². The van der Waals surface area contributed by atoms with Gasteiger partial charge in [0.05, 0.1) is 0 Å². The molecule has 0 aromatic carbocycles. The van der Waals surface area contributed by atoms with E-state index in [2.05, 4.69) is 89.4 Å². The lowest BCUT2D eigenvalue weighted by Crippen LogP contribution is -2.60. The second-order valence-corrected chi connectivity index (χ2v) is 27.0. The molecule has 44 nitrogen and oxygen atoms in total. The van der Waals surface area contributed by atoms with Gasteiger partial charge < -0.3 is 145 Å². The fraction of sp³-hybridized carbons (Fsp3) is 0.735. The molecular formula is C68H134F3N33O11. The van der Waals surface area contributed by atoms with Crippen LogP contribution in [-0.2, 0) is 47.9 Å². The smallest absolute Gasteiger partial charge is 0.475 e. The molecule has 8 atom stereocenters. The monoisotopic (exact) mass is 1650 g/mol. The van der Waals surface area contributed by atoms with Crippen molar-refractivity contribution in [2.24, 2.45) is 137 Å². The Morgan fingerprint density at radius 3 is 0.583 bits per heavy atom. The number of hydrogen-bond donors (Lipinski definition) is 26. The third kappa shape index (κ3) is 60.0. The highest BCUT2D eigenvalue weighted by Gasteiger charge is 2.39. The van der Waals surface area contributed by atoms with E-state index in [9.17, 15) is 56.3 Å². The van der Waals surface area contributed by atoms with Gasteiger partial charge in [-0.1, -0.05) is 96.8 Å². The summed E-state index contributed by atoms with van der Waals surface area (Å²) in [6.07, 6.45) is 12.3. The Bertz CT molecular complexity index is 3130. The number of nitrogens with one attached hydrogen (secondary N) is 8. The van der Waals surface area contributed by atoms with Crippen molar-refractivity contribution in [3.63, 3.8) is 0 Å². The Balaban J connectivity index is 0. The summed E-state index contributed by atoms with van der Waals surface area (Å²) >= 11 is 0. The summed E-state index contributed by atoms with van der Waals surface area (Å²) in [6, 6.07) is -11.2. The topological polar surface area (TPSA) is 828 Å². The molecule has 0 spiro atoms. The summed E-state index contributed by atoms with van der Waals surface area (Å²) in [5, 5.41) is 28.7. The minimum Gasteiger partial charge on any atom is -0.475 e. The maximum absolute atomic E-state index is 14.9. The molecule has 1 unspecified atom stereocenters. The SMILES string of the molecule is CCCCCCCCCCCCCCCCCC(=O)N[C@@H](CCCN=C(N)N)C(=O)N[C@@H](CCCN=C(N)N)C(=O)N[C@@H](CCCN=C(N)N)C(=O)N[C@@H](CCCN=C(N)N)C(=O)NC(CCCN=C(N)N)C(=O)N[C@@H](CCCN=C(N)N)C(=O)N[C@@H](CCCN=C(N)N)C(=O)N[C@@H](CCCN=C(N)N)C(N)=O.O=C(O)C(F)(F)F. The first kappa shape index (κ1) is 106. The number of aliphatic carboxylic acids is 1. The first-order valence-electron chi connectivity index (χ1n) is 38.8. The van der Waals surface area contributed by atoms with Gasteiger partial charge in [-0.15, -0.1) is 0 Å². The van der Waals surface area contributed by atoms with Crippen molar-refractivity contribution in [2.75, 3.05) is 52.4 Å². The molecule has 0 saturated carbocycles. The van der Waals surface area contributed by atoms with Crippen LogP contribution in [0.4, 0.5) is 13.2 Å². The Labute approximate surface area is 669 Å². The third-order valence-corrected chi connectivity index (χ3v) is 16.9. The number of hydrogen-bond acceptors (Lipinski definition) is 18. The first-order valence-corrected chi connectivity index (χ1v) is 38.8. The van der Waals surface area contributed by atoms with E-state index >= 15 is 0 Å². The van der Waals surface area contributed by atoms with Gasteiger partial charge in [0.1, 0.15) is 48.3 Å². The van der Waals surface area contributed by atoms with Crippen LogP contribution < -0.4 is 140 Å². The Morgan fingerprint density at radius 2 is 0.417 bits per heavy atom. The first-order chi connectivity index (χ1) is 54.3. The molecule has 0 aliphatic heterocycles. The molecule has 0 saturated heterocycles. The number of halogens is 3. The van der Waals surface area contributed by atoms with Crippen LogP contribution in [0.1, 0.15) is 212 Å². The van der Waals surface area contributed by atoms with Gasteiger partial charge in [-0.2, -0.15) is 13.2 Å². The average molecular weight is 1650 g/mol. The van der Waals surface area contributed by atoms with Crippen molar-refractivity contribution in [1.29, 1.82) is 0 Å². The number of carbonyl (C=O) groups is 10. The van der Waals surface area contributed by atoms with Crippen molar-refractivity contribution < 1.29 is 66.2 Å². The predicted octanol–water partition coefficient (Wildman–Crippen LogP) is -5.33. The van der Waals surface area contributed by atoms with Crippen molar-refractivity contribution in [3.05, 3.63) is 0 Å². The molecule has 115 heavy (non-hydrogen) atoms. The van der Waals surface area contributed by atoms with Crippen LogP contribution in [0.15, 0.2) is 39.9 Å². The number of rotatable bonds is 64. The molecule has 0 bridgehead atoms. The number of primary amides is 1. The number of carboxylic acid groups (broad SMARTS) is 1. The fourth-order valence-electron chi connectivity index (χ4n) is 11.0. The number of nitrogens with zero attached hydrogens (tertiary/aromatic N) is 8. The zero-order valence-corrected chi connectivity index (χ0v) is 66.5. The van der Waals surface area contributed by atoms with Crippen molar-refractivity contribution in [2.45, 2.75) is 267 Å². The Morgan fingerprint density at radius 1 is 0.261 bits per heavy atom. The highest BCUT2D eigenvalue weighted by atomic mass is 19.4. The summed E-state index contributed by atoms with van der Waals surface area (Å²) < 4.78 is 31.7. The molecule has 0 aromatic heterocycles. The van der Waals surface area contributed by atoms with Gasteiger partial charge in [0, 0.05) is 58.8 Å². The summed E-state index contributed by atoms with van der Waals surface area (Å²) in [5.41, 5.74) is 95.0. The molecule has 0 aliphatic rings. The van der Waals surface area contributed by atoms with E-state index < -0.39 is 108 Å². The molecule has 43 N–H and O–H groups in total. The van der Waals surface area contributed by atoms with Crippen LogP contribution in [0.5, 0.6) is 0 Å². The number of guanidine groups is 8. The van der Waals surface area contributed by atoms with Gasteiger partial charge in [0.15, 0.2) is 47.7 Å². The number of nitrogens with two attached hydrogens (primary N) is 17. The average Bonchev–Trinajstić information content (AvgIpc) is 0.859. The second-order valence-electron chi connectivity index (χ2n) is 27.0. The van der Waals surface area contributed by atoms with E-state index in [0.717, 1.165) is 25.7 Å². The second kappa shape index (κ2) is 64.1. The number of alkyl halides is 3. The van der Waals surface area contributed by atoms with Gasteiger partial charge in [-0.25, -0.2) is 4.79 Å². The molecule has 0 aromatic rings. The van der Waals surface area contributed by atoms with E-state index in [0.29, 0.717) is 6.42 Å². The minimum absolute atomic E-state index is 0.00538. The molecule has 0 radical (unpaired) electrons. The Kier molecular flexibility index (Phi) is 58.9. The summed E-state index contributed by atoms with van der Waals surface area (Å²) in [6.45, 7) is 2.32. The molecular weight excluding hydrogens is 1510 g/mol. The lowest BCUT2D eigenvalue weighted by Gasteiger charge is -2.28. The zero-order chi connectivity index (χ0) is 87.1. The van der Waals surface area contributed by atoms with Gasteiger partial charge >= 0.3 is 12.1 Å². The van der Waals surface area contributed by atoms with Crippen LogP contribution in [0.3, 0.4) is 0 Å². The van der Waals surface area contributed by atoms with E-state index in [1.54, 1.807) is 0 Å². The van der Waals surface area contributed by atoms with E-state index in [1.165, 1.54) is 64.2 Å². The maximum Gasteiger partial charge on any atom is 0.490 e. The Hall–Kier alpha value is -11.3. The number of unbranched alkanes of at least 4 members (excludes halogenated alkanes) is 14. The van der Waals surface area contributed by atoms with Gasteiger partial charge in [-0.05, 0) is 109 Å². The highest BCUT2D eigenvalue weighted by molar-refractivity contribution is 5.98. The summed E-state index contributed by atoms with van der Waals surface area (Å²) in [4.78, 5) is 169. The minimum atomic E-state index is -5.08. The lowest BCUT2D eigenvalue weighted by molar-refractivity contribution is -0.192. The fourth-order valence-corrected chi connectivity index (χ4v) is 11.0. The van der Waals surface area contributed by atoms with Crippen molar-refractivity contribution >= 4 is 107 Å². The van der Waals surface area contributed by atoms with E-state index in [-0.39, 0.29) is 215 Å². The molecule has 0 rings (SSSR count). The standard InChI is InChI=1S/C66H133N33O9.C2HF3O2/c1-2-3-4-5-6-7-8-9-10-11-12-13-14-15-16-33-50(100)92-43(26-18-35-85-60(70)71)52(102)94-45(28-20-37-87-62(74)75)54(104)96-47(30-22-39-89-64(78)79)56(106)98-49(32-24-41-91-66(82)83)58(108)99-48(31-23-40-90-65(80)81)57(107)97-46(29-21-38-88-63(76)77)55(105)95-44(27-19-36-86-61(72)73)53(103)93-42(51(67)101)25-17-34-84-59(68)69;3-2(4,5)1(6)7/h42-49H,2-41H2,1H3,(H2,67,101)(H,92,100)(H,93,103)(H,94,102)(H,95,105)(H,96,104)(H,97,107)(H,98,106)(H,99,108)(H4,68,69,84)(H4,70,71,85)(H4,72,73,86)(H4,74,75,87)(H4,76,77,88)(H4,78,79,89)(H4,80,81,90)(H4,82,83,91);(H,6,7)/t42-,43-,44-,45-,46-,47-,48?,49-;/m0./s1. The molecule has 0 fully saturated rings. The number of carbonyl (C=O) groups excluding carboxylic acids is 9. The summed E-state index contributed by atoms with van der Waals surface area (Å²) in [7, 11) is 0. The van der Waals surface area contributed by atoms with Crippen molar-refractivity contribution in [3.8, 4) is 0 Å². The summed E-state index contributed by atoms with van der Waals surface area (Å²) in [5.74, 6) is -12.2. The molecule has 9 amide bonds. The van der Waals surface area contributed by atoms with E-state index in [1.807, 2.05) is 0 Å². The van der Waals surface area contributed by atoms with Crippen LogP contribution in [-0.4, -0.2) is 219 Å². The van der Waals surface area contributed by atoms with E-state index in [4.69, 9.17) is 107 Å². The van der Waals surface area contributed by atoms with Gasteiger partial charge in [-0.3, -0.25) is 83.1 Å². The van der Waals surface area contributed by atoms with Crippen LogP contribution in [0.2, 0.25) is 0 Å². The largest absolute Gasteiger partial charge is 0.490 e. The molecule has 47 heteroatoms. The molecule has 0 heterocycles. The number of carboxylic acids is 1. The van der Waals surface area contributed by atoms with Gasteiger partial charge in [0.2, 0.25) is 53.2 Å². The van der Waals surface area contributed by atoms with Crippen LogP contribution in [0, 0.1) is 0 Å².